The normalized spacial score (nSPS) is 13.3. The summed E-state index contributed by atoms with van der Waals surface area (Å²) in [7, 11) is 0. The van der Waals surface area contributed by atoms with Crippen molar-refractivity contribution in [2.45, 2.75) is 38.5 Å². The van der Waals surface area contributed by atoms with Crippen LogP contribution >= 0.6 is 11.6 Å². The van der Waals surface area contributed by atoms with Crippen LogP contribution in [-0.4, -0.2) is 25.9 Å². The first-order valence-electron chi connectivity index (χ1n) is 9.53. The van der Waals surface area contributed by atoms with Gasteiger partial charge in [-0.25, -0.2) is 0 Å². The molecular formula is C21H22ClN5O2. The number of benzene rings is 1. The van der Waals surface area contributed by atoms with Gasteiger partial charge in [-0.2, -0.15) is 20.0 Å². The van der Waals surface area contributed by atoms with E-state index in [1.807, 2.05) is 0 Å². The van der Waals surface area contributed by atoms with Gasteiger partial charge in [-0.1, -0.05) is 62.3 Å². The molecule has 0 aliphatic heterocycles. The molecule has 0 spiro atoms. The Morgan fingerprint density at radius 2 is 1.59 bits per heavy atom. The number of amides is 1. The van der Waals surface area contributed by atoms with Crippen LogP contribution in [0.25, 0.3) is 16.9 Å². The number of aromatic nitrogens is 4. The second kappa shape index (κ2) is 9.93. The number of halogens is 1. The van der Waals surface area contributed by atoms with E-state index in [2.05, 4.69) is 15.3 Å². The fourth-order valence-corrected chi connectivity index (χ4v) is 3.20. The van der Waals surface area contributed by atoms with Crippen LogP contribution in [0, 0.1) is 0 Å². The van der Waals surface area contributed by atoms with Crippen molar-refractivity contribution in [3.05, 3.63) is 69.7 Å². The maximum absolute atomic E-state index is 12.4. The maximum atomic E-state index is 12.4. The van der Waals surface area contributed by atoms with Gasteiger partial charge in [0.05, 0.1) is 23.8 Å². The highest BCUT2D eigenvalue weighted by molar-refractivity contribution is 6.30. The number of carbonyl (C=O) groups is 1. The fraction of sp³-hybridized carbons (Fsp3) is 0.286. The van der Waals surface area contributed by atoms with Crippen molar-refractivity contribution in [1.82, 2.24) is 20.0 Å². The quantitative estimate of drug-likeness (QED) is 0.706. The first kappa shape index (κ1) is 20.7. The van der Waals surface area contributed by atoms with E-state index in [4.69, 9.17) is 17.3 Å². The molecule has 150 valence electrons. The average Bonchev–Trinajstić information content (AvgIpc) is 2.76. The fourth-order valence-electron chi connectivity index (χ4n) is 3.08. The number of carbonyl (C=O) groups excluding carboxylic acids is 1. The SMILES string of the molecule is C1CCCCC1.NC(=O)c1cc(-c2ccc(Cl)cc2)nn(-c2ccnnc2)c1=O. The zero-order chi connectivity index (χ0) is 20.6. The molecule has 2 N–H and O–H groups in total. The second-order valence-corrected chi connectivity index (χ2v) is 7.19. The van der Waals surface area contributed by atoms with Crippen LogP contribution < -0.4 is 11.3 Å². The van der Waals surface area contributed by atoms with Gasteiger partial charge in [0.15, 0.2) is 0 Å². The Bertz CT molecular complexity index is 1000. The van der Waals surface area contributed by atoms with Crippen LogP contribution in [0.4, 0.5) is 0 Å². The number of nitrogens with two attached hydrogens (primary N) is 1. The van der Waals surface area contributed by atoms with E-state index in [9.17, 15) is 9.59 Å². The van der Waals surface area contributed by atoms with Gasteiger partial charge >= 0.3 is 0 Å². The standard InChI is InChI=1S/C15H10ClN5O2.C6H12/c16-10-3-1-9(2-4-10)13-7-12(14(17)22)15(23)21(20-13)11-5-6-18-19-8-11;1-2-4-6-5-3-1/h1-8H,(H2,17,22);1-6H2. The van der Waals surface area contributed by atoms with Gasteiger partial charge in [-0.05, 0) is 24.3 Å². The molecule has 2 heterocycles. The Kier molecular flexibility index (Phi) is 7.08. The molecule has 8 heteroatoms. The third-order valence-electron chi connectivity index (χ3n) is 4.63. The number of primary amides is 1. The third kappa shape index (κ3) is 5.48. The third-order valence-corrected chi connectivity index (χ3v) is 4.88. The summed E-state index contributed by atoms with van der Waals surface area (Å²) in [4.78, 5) is 24.0. The molecule has 1 saturated carbocycles. The molecule has 0 radical (unpaired) electrons. The van der Waals surface area contributed by atoms with Crippen LogP contribution in [0.5, 0.6) is 0 Å². The summed E-state index contributed by atoms with van der Waals surface area (Å²) in [6, 6.07) is 9.75. The molecule has 0 unspecified atom stereocenters. The molecule has 1 aliphatic rings. The molecule has 1 aromatic carbocycles. The lowest BCUT2D eigenvalue weighted by atomic mass is 10.0. The van der Waals surface area contributed by atoms with Gasteiger partial charge in [-0.15, -0.1) is 0 Å². The van der Waals surface area contributed by atoms with Crippen LogP contribution in [-0.2, 0) is 0 Å². The van der Waals surface area contributed by atoms with Crippen molar-refractivity contribution in [3.8, 4) is 16.9 Å². The zero-order valence-electron chi connectivity index (χ0n) is 15.9. The number of hydrogen-bond acceptors (Lipinski definition) is 5. The Morgan fingerprint density at radius 3 is 2.10 bits per heavy atom. The highest BCUT2D eigenvalue weighted by Gasteiger charge is 2.15. The second-order valence-electron chi connectivity index (χ2n) is 6.75. The summed E-state index contributed by atoms with van der Waals surface area (Å²) in [6.45, 7) is 0. The molecule has 3 aromatic rings. The van der Waals surface area contributed by atoms with Crippen molar-refractivity contribution in [3.63, 3.8) is 0 Å². The van der Waals surface area contributed by atoms with Gasteiger partial charge in [0, 0.05) is 10.6 Å². The number of hydrogen-bond donors (Lipinski definition) is 1. The molecule has 1 amide bonds. The van der Waals surface area contributed by atoms with Crippen molar-refractivity contribution in [1.29, 1.82) is 0 Å². The van der Waals surface area contributed by atoms with E-state index in [1.165, 1.54) is 57.0 Å². The Hall–Kier alpha value is -3.06. The summed E-state index contributed by atoms with van der Waals surface area (Å²) in [5.41, 5.74) is 5.99. The van der Waals surface area contributed by atoms with Crippen molar-refractivity contribution >= 4 is 17.5 Å². The van der Waals surface area contributed by atoms with Gasteiger partial charge in [0.25, 0.3) is 11.5 Å². The van der Waals surface area contributed by atoms with E-state index >= 15 is 0 Å². The van der Waals surface area contributed by atoms with Gasteiger partial charge in [0.2, 0.25) is 0 Å². The Balaban J connectivity index is 0.000000343. The average molecular weight is 412 g/mol. The van der Waals surface area contributed by atoms with Crippen LogP contribution in [0.2, 0.25) is 5.02 Å². The molecule has 7 nitrogen and oxygen atoms in total. The molecular weight excluding hydrogens is 390 g/mol. The van der Waals surface area contributed by atoms with Crippen molar-refractivity contribution in [2.75, 3.05) is 0 Å². The van der Waals surface area contributed by atoms with Gasteiger partial charge in [-0.3, -0.25) is 9.59 Å². The van der Waals surface area contributed by atoms with E-state index in [0.717, 1.165) is 4.68 Å². The lowest BCUT2D eigenvalue weighted by molar-refractivity contribution is 0.0998. The molecule has 1 aliphatic carbocycles. The smallest absolute Gasteiger partial charge is 0.284 e. The van der Waals surface area contributed by atoms with Gasteiger partial charge in [0.1, 0.15) is 5.56 Å². The first-order valence-corrected chi connectivity index (χ1v) is 9.91. The predicted octanol–water partition coefficient (Wildman–Crippen LogP) is 3.78. The highest BCUT2D eigenvalue weighted by Crippen LogP contribution is 2.20. The number of rotatable bonds is 3. The molecule has 1 fully saturated rings. The minimum atomic E-state index is -0.830. The maximum Gasteiger partial charge on any atom is 0.284 e. The summed E-state index contributed by atoms with van der Waals surface area (Å²) in [5.74, 6) is -0.830. The molecule has 0 atom stereocenters. The van der Waals surface area contributed by atoms with Gasteiger partial charge < -0.3 is 5.73 Å². The summed E-state index contributed by atoms with van der Waals surface area (Å²) < 4.78 is 1.07. The van der Waals surface area contributed by atoms with Crippen LogP contribution in [0.1, 0.15) is 48.9 Å². The summed E-state index contributed by atoms with van der Waals surface area (Å²) in [5, 5.41) is 12.2. The molecule has 0 bridgehead atoms. The molecule has 4 rings (SSSR count). The Morgan fingerprint density at radius 1 is 0.966 bits per heavy atom. The van der Waals surface area contributed by atoms with E-state index in [1.54, 1.807) is 30.3 Å². The molecule has 0 saturated heterocycles. The van der Waals surface area contributed by atoms with E-state index in [0.29, 0.717) is 22.0 Å². The summed E-state index contributed by atoms with van der Waals surface area (Å²) in [6.07, 6.45) is 11.8. The predicted molar refractivity (Wildman–Crippen MR) is 112 cm³/mol. The largest absolute Gasteiger partial charge is 0.365 e. The first-order chi connectivity index (χ1) is 14.1. The minimum Gasteiger partial charge on any atom is -0.365 e. The van der Waals surface area contributed by atoms with Crippen molar-refractivity contribution < 1.29 is 4.79 Å². The van der Waals surface area contributed by atoms with E-state index < -0.39 is 11.5 Å². The lowest BCUT2D eigenvalue weighted by Gasteiger charge is -2.09. The molecule has 2 aromatic heterocycles. The lowest BCUT2D eigenvalue weighted by Crippen LogP contribution is -2.30. The van der Waals surface area contributed by atoms with Crippen molar-refractivity contribution in [2.24, 2.45) is 5.73 Å². The highest BCUT2D eigenvalue weighted by atomic mass is 35.5. The zero-order valence-corrected chi connectivity index (χ0v) is 16.7. The number of nitrogens with zero attached hydrogens (tertiary/aromatic N) is 4. The minimum absolute atomic E-state index is 0.165. The topological polar surface area (TPSA) is 104 Å². The summed E-state index contributed by atoms with van der Waals surface area (Å²) >= 11 is 5.87. The van der Waals surface area contributed by atoms with E-state index in [-0.39, 0.29) is 5.56 Å². The van der Waals surface area contributed by atoms with Crippen LogP contribution in [0.3, 0.4) is 0 Å². The molecule has 29 heavy (non-hydrogen) atoms. The van der Waals surface area contributed by atoms with Crippen LogP contribution in [0.15, 0.2) is 53.6 Å². The monoisotopic (exact) mass is 411 g/mol. The Labute approximate surface area is 173 Å².